The molecule has 0 bridgehead atoms. The number of aromatic nitrogens is 1. The molecule has 0 amide bonds. The van der Waals surface area contributed by atoms with Crippen LogP contribution >= 0.6 is 0 Å². The van der Waals surface area contributed by atoms with Crippen LogP contribution in [0.1, 0.15) is 64.5 Å². The first kappa shape index (κ1) is 18.3. The van der Waals surface area contributed by atoms with Gasteiger partial charge in [-0.05, 0) is 91.9 Å². The molecular weight excluding hydrogens is 346 g/mol. The minimum absolute atomic E-state index is 0.161. The van der Waals surface area contributed by atoms with Crippen LogP contribution in [-0.4, -0.2) is 22.0 Å². The number of fused-ring (bicyclic) bond motifs is 5. The quantitative estimate of drug-likeness (QED) is 0.555. The fraction of sp³-hybridized carbons (Fsp3) is 0.600. The maximum absolute atomic E-state index is 13.4. The molecule has 4 aliphatic rings. The van der Waals surface area contributed by atoms with Crippen molar-refractivity contribution in [2.45, 2.75) is 64.9 Å². The molecule has 1 heterocycles. The summed E-state index contributed by atoms with van der Waals surface area (Å²) in [7, 11) is 0. The number of pyridine rings is 1. The van der Waals surface area contributed by atoms with Gasteiger partial charge in [-0.25, -0.2) is 0 Å². The van der Waals surface area contributed by atoms with Crippen molar-refractivity contribution < 1.29 is 9.90 Å². The standard InChI is InChI=1S/C25H31NO2/c1-24-10-8-19(27)15-17(24)6-7-20-21(24)9-11-25(2)22(20)14-16(23(25)28)13-18-5-3-4-12-26-18/h3-6,12-13,19-22,27H,7-11,14-15H2,1-2H3/t19-,20+,21-,22-,24-,25-/m0/s1. The van der Waals surface area contributed by atoms with Crippen molar-refractivity contribution in [3.05, 3.63) is 47.3 Å². The van der Waals surface area contributed by atoms with Gasteiger partial charge in [-0.1, -0.05) is 31.6 Å². The van der Waals surface area contributed by atoms with Gasteiger partial charge < -0.3 is 5.11 Å². The highest BCUT2D eigenvalue weighted by atomic mass is 16.3. The van der Waals surface area contributed by atoms with E-state index in [4.69, 9.17) is 0 Å². The number of rotatable bonds is 1. The molecule has 148 valence electrons. The van der Waals surface area contributed by atoms with E-state index in [9.17, 15) is 9.90 Å². The van der Waals surface area contributed by atoms with Crippen LogP contribution in [0.15, 0.2) is 41.6 Å². The molecule has 3 fully saturated rings. The minimum Gasteiger partial charge on any atom is -0.393 e. The fourth-order valence-corrected chi connectivity index (χ4v) is 7.08. The molecule has 5 rings (SSSR count). The molecule has 1 aromatic rings. The van der Waals surface area contributed by atoms with E-state index >= 15 is 0 Å². The van der Waals surface area contributed by atoms with Crippen molar-refractivity contribution in [2.75, 3.05) is 0 Å². The number of carbonyl (C=O) groups is 1. The summed E-state index contributed by atoms with van der Waals surface area (Å²) in [5.74, 6) is 2.04. The zero-order valence-electron chi connectivity index (χ0n) is 17.0. The van der Waals surface area contributed by atoms with Crippen LogP contribution in [0.4, 0.5) is 0 Å². The predicted molar refractivity (Wildman–Crippen MR) is 110 cm³/mol. The first-order valence-corrected chi connectivity index (χ1v) is 11.0. The lowest BCUT2D eigenvalue weighted by atomic mass is 9.48. The molecule has 6 atom stereocenters. The average molecular weight is 378 g/mol. The summed E-state index contributed by atoms with van der Waals surface area (Å²) >= 11 is 0. The fourth-order valence-electron chi connectivity index (χ4n) is 7.08. The molecule has 0 spiro atoms. The molecule has 3 heteroatoms. The third-order valence-electron chi connectivity index (χ3n) is 8.73. The molecule has 0 aromatic carbocycles. The number of ketones is 1. The lowest BCUT2D eigenvalue weighted by Crippen LogP contribution is -2.50. The maximum Gasteiger partial charge on any atom is 0.165 e. The van der Waals surface area contributed by atoms with Gasteiger partial charge in [0, 0.05) is 11.6 Å². The molecule has 3 saturated carbocycles. The molecule has 1 N–H and O–H groups in total. The summed E-state index contributed by atoms with van der Waals surface area (Å²) in [6.45, 7) is 4.66. The molecule has 0 unspecified atom stereocenters. The third-order valence-corrected chi connectivity index (χ3v) is 8.73. The lowest BCUT2D eigenvalue weighted by molar-refractivity contribution is -0.130. The lowest BCUT2D eigenvalue weighted by Gasteiger charge is -2.56. The minimum atomic E-state index is -0.211. The van der Waals surface area contributed by atoms with Gasteiger partial charge in [0.25, 0.3) is 0 Å². The van der Waals surface area contributed by atoms with E-state index < -0.39 is 0 Å². The molecule has 28 heavy (non-hydrogen) atoms. The van der Waals surface area contributed by atoms with Gasteiger partial charge in [0.05, 0.1) is 11.8 Å². The number of allylic oxidation sites excluding steroid dienone is 2. The molecule has 3 nitrogen and oxygen atoms in total. The first-order chi connectivity index (χ1) is 13.4. The van der Waals surface area contributed by atoms with Crippen molar-refractivity contribution in [1.82, 2.24) is 4.98 Å². The number of carbonyl (C=O) groups excluding carboxylic acids is 1. The molecule has 0 saturated heterocycles. The van der Waals surface area contributed by atoms with E-state index in [0.717, 1.165) is 56.2 Å². The highest BCUT2D eigenvalue weighted by Crippen LogP contribution is 2.64. The van der Waals surface area contributed by atoms with Crippen LogP contribution in [0.3, 0.4) is 0 Å². The van der Waals surface area contributed by atoms with Gasteiger partial charge in [-0.2, -0.15) is 0 Å². The van der Waals surface area contributed by atoms with Crippen LogP contribution < -0.4 is 0 Å². The Morgan fingerprint density at radius 1 is 1.11 bits per heavy atom. The monoisotopic (exact) mass is 377 g/mol. The van der Waals surface area contributed by atoms with E-state index in [2.05, 4.69) is 24.9 Å². The van der Waals surface area contributed by atoms with Crippen LogP contribution in [0.2, 0.25) is 0 Å². The van der Waals surface area contributed by atoms with E-state index in [1.165, 1.54) is 5.57 Å². The Bertz CT molecular complexity index is 857. The second kappa shape index (κ2) is 6.38. The molecule has 0 aliphatic heterocycles. The molecule has 1 aromatic heterocycles. The summed E-state index contributed by atoms with van der Waals surface area (Å²) in [5.41, 5.74) is 3.37. The summed E-state index contributed by atoms with van der Waals surface area (Å²) in [4.78, 5) is 17.8. The Morgan fingerprint density at radius 2 is 1.93 bits per heavy atom. The van der Waals surface area contributed by atoms with Gasteiger partial charge in [-0.3, -0.25) is 9.78 Å². The number of hydrogen-bond donors (Lipinski definition) is 1. The van der Waals surface area contributed by atoms with Gasteiger partial charge >= 0.3 is 0 Å². The maximum atomic E-state index is 13.4. The Morgan fingerprint density at radius 3 is 2.71 bits per heavy atom. The summed E-state index contributed by atoms with van der Waals surface area (Å²) in [5, 5.41) is 10.2. The van der Waals surface area contributed by atoms with Gasteiger partial charge in [0.2, 0.25) is 0 Å². The number of aliphatic hydroxyl groups is 1. The zero-order chi connectivity index (χ0) is 19.5. The summed E-state index contributed by atoms with van der Waals surface area (Å²) < 4.78 is 0. The van der Waals surface area contributed by atoms with E-state index in [0.29, 0.717) is 23.5 Å². The SMILES string of the molecule is C[C@]12CC[C@H](O)CC1=CC[C@@H]1[C@@H]2CC[C@]2(C)C(=O)C(=Cc3ccccn3)C[C@@H]12. The van der Waals surface area contributed by atoms with Crippen molar-refractivity contribution in [1.29, 1.82) is 0 Å². The van der Waals surface area contributed by atoms with Crippen LogP contribution in [0.25, 0.3) is 6.08 Å². The van der Waals surface area contributed by atoms with E-state index in [1.54, 1.807) is 6.20 Å². The van der Waals surface area contributed by atoms with Crippen LogP contribution in [0.5, 0.6) is 0 Å². The molecular formula is C25H31NO2. The number of hydrogen-bond acceptors (Lipinski definition) is 3. The van der Waals surface area contributed by atoms with Gasteiger partial charge in [0.15, 0.2) is 5.78 Å². The van der Waals surface area contributed by atoms with Crippen LogP contribution in [0, 0.1) is 28.6 Å². The Kier molecular flexibility index (Phi) is 4.17. The number of nitrogens with zero attached hydrogens (tertiary/aromatic N) is 1. The smallest absolute Gasteiger partial charge is 0.165 e. The Hall–Kier alpha value is -1.74. The first-order valence-electron chi connectivity index (χ1n) is 11.0. The Labute approximate surface area is 168 Å². The summed E-state index contributed by atoms with van der Waals surface area (Å²) in [6.07, 6.45) is 13.1. The van der Waals surface area contributed by atoms with Crippen molar-refractivity contribution >= 4 is 11.9 Å². The van der Waals surface area contributed by atoms with Crippen LogP contribution in [-0.2, 0) is 4.79 Å². The second-order valence-electron chi connectivity index (χ2n) is 10.1. The highest BCUT2D eigenvalue weighted by molar-refractivity contribution is 6.05. The largest absolute Gasteiger partial charge is 0.393 e. The summed E-state index contributed by atoms with van der Waals surface area (Å²) in [6, 6.07) is 5.88. The van der Waals surface area contributed by atoms with Crippen molar-refractivity contribution in [3.8, 4) is 0 Å². The van der Waals surface area contributed by atoms with Gasteiger partial charge in [-0.15, -0.1) is 0 Å². The van der Waals surface area contributed by atoms with E-state index in [-0.39, 0.29) is 16.9 Å². The van der Waals surface area contributed by atoms with E-state index in [1.807, 2.05) is 24.3 Å². The average Bonchev–Trinajstić information content (AvgIpc) is 2.94. The van der Waals surface area contributed by atoms with Crippen molar-refractivity contribution in [2.24, 2.45) is 28.6 Å². The topological polar surface area (TPSA) is 50.2 Å². The Balaban J connectivity index is 1.48. The van der Waals surface area contributed by atoms with Crippen molar-refractivity contribution in [3.63, 3.8) is 0 Å². The number of Topliss-reactive ketones (excluding diaryl/α,β-unsaturated/α-hetero) is 1. The number of aliphatic hydroxyl groups excluding tert-OH is 1. The normalized spacial score (nSPS) is 43.9. The zero-order valence-corrected chi connectivity index (χ0v) is 17.0. The third kappa shape index (κ3) is 2.58. The molecule has 4 aliphatic carbocycles. The highest BCUT2D eigenvalue weighted by Gasteiger charge is 2.59. The predicted octanol–water partition coefficient (Wildman–Crippen LogP) is 4.97. The second-order valence-corrected chi connectivity index (χ2v) is 10.1. The molecule has 0 radical (unpaired) electrons. The van der Waals surface area contributed by atoms with Gasteiger partial charge in [0.1, 0.15) is 0 Å².